The Morgan fingerprint density at radius 1 is 1.15 bits per heavy atom. The highest BCUT2D eigenvalue weighted by atomic mass is 16.1. The topological polar surface area (TPSA) is 74.8 Å². The number of aryl methyl sites for hydroxylation is 1. The number of hydrogen-bond donors (Lipinski definition) is 2. The van der Waals surface area contributed by atoms with Crippen LogP contribution >= 0.6 is 0 Å². The Balaban J connectivity index is 2.16. The molecule has 0 saturated heterocycles. The summed E-state index contributed by atoms with van der Waals surface area (Å²) < 4.78 is 0. The fraction of sp³-hybridized carbons (Fsp3) is 0.190. The van der Waals surface area contributed by atoms with Gasteiger partial charge < -0.3 is 15.1 Å². The SMILES string of the molecule is CCC(=O)c1c(CCC=O)[nH]c(-c2ccncc2)c1Nc1ccccc1. The first-order valence-electron chi connectivity index (χ1n) is 8.68. The quantitative estimate of drug-likeness (QED) is 0.463. The molecule has 1 aromatic carbocycles. The van der Waals surface area contributed by atoms with Crippen molar-refractivity contribution in [3.05, 3.63) is 66.1 Å². The first kappa shape index (κ1) is 17.6. The molecule has 0 fully saturated rings. The predicted octanol–water partition coefficient (Wildman–Crippen LogP) is 4.54. The summed E-state index contributed by atoms with van der Waals surface area (Å²) in [4.78, 5) is 31.0. The normalized spacial score (nSPS) is 10.5. The van der Waals surface area contributed by atoms with Crippen molar-refractivity contribution in [2.24, 2.45) is 0 Å². The van der Waals surface area contributed by atoms with Crippen molar-refractivity contribution in [2.45, 2.75) is 26.2 Å². The Morgan fingerprint density at radius 2 is 1.88 bits per heavy atom. The Labute approximate surface area is 152 Å². The van der Waals surface area contributed by atoms with E-state index < -0.39 is 0 Å². The van der Waals surface area contributed by atoms with Crippen LogP contribution in [0.2, 0.25) is 0 Å². The highest BCUT2D eigenvalue weighted by molar-refractivity contribution is 6.06. The molecule has 0 saturated carbocycles. The van der Waals surface area contributed by atoms with Gasteiger partial charge in [-0.15, -0.1) is 0 Å². The van der Waals surface area contributed by atoms with Crippen LogP contribution in [0.1, 0.15) is 35.8 Å². The average molecular weight is 347 g/mol. The van der Waals surface area contributed by atoms with E-state index in [9.17, 15) is 9.59 Å². The monoisotopic (exact) mass is 347 g/mol. The van der Waals surface area contributed by atoms with Crippen molar-refractivity contribution in [1.29, 1.82) is 0 Å². The standard InChI is InChI=1S/C21H21N3O2/c1-2-18(26)19-17(9-6-14-25)24-20(15-10-12-22-13-11-15)21(19)23-16-7-4-3-5-8-16/h3-5,7-8,10-14,23-24H,2,6,9H2,1H3. The molecule has 132 valence electrons. The maximum atomic E-state index is 12.7. The number of nitrogens with zero attached hydrogens (tertiary/aromatic N) is 1. The minimum atomic E-state index is 0.0425. The van der Waals surface area contributed by atoms with E-state index in [0.29, 0.717) is 24.8 Å². The van der Waals surface area contributed by atoms with Gasteiger partial charge in [0.25, 0.3) is 0 Å². The number of aromatic nitrogens is 2. The number of pyridine rings is 1. The number of ketones is 1. The van der Waals surface area contributed by atoms with Gasteiger partial charge in [0.2, 0.25) is 0 Å². The number of para-hydroxylation sites is 1. The van der Waals surface area contributed by atoms with E-state index in [4.69, 9.17) is 0 Å². The number of aldehydes is 1. The summed E-state index contributed by atoms with van der Waals surface area (Å²) in [5, 5.41) is 3.39. The highest BCUT2D eigenvalue weighted by Gasteiger charge is 2.23. The summed E-state index contributed by atoms with van der Waals surface area (Å²) in [5.74, 6) is 0.0425. The van der Waals surface area contributed by atoms with Gasteiger partial charge >= 0.3 is 0 Å². The lowest BCUT2D eigenvalue weighted by Gasteiger charge is -2.11. The number of hydrogen-bond acceptors (Lipinski definition) is 4. The predicted molar refractivity (Wildman–Crippen MR) is 103 cm³/mol. The van der Waals surface area contributed by atoms with E-state index in [-0.39, 0.29) is 5.78 Å². The molecule has 0 amide bonds. The minimum absolute atomic E-state index is 0.0425. The summed E-state index contributed by atoms with van der Waals surface area (Å²) in [7, 11) is 0. The number of H-pyrrole nitrogens is 1. The molecule has 3 rings (SSSR count). The van der Waals surface area contributed by atoms with Crippen molar-refractivity contribution in [2.75, 3.05) is 5.32 Å². The molecule has 0 unspecified atom stereocenters. The zero-order chi connectivity index (χ0) is 18.4. The van der Waals surface area contributed by atoms with Gasteiger partial charge in [0.1, 0.15) is 6.29 Å². The molecule has 2 aromatic heterocycles. The summed E-state index contributed by atoms with van der Waals surface area (Å²) in [6, 6.07) is 13.5. The molecule has 0 aliphatic carbocycles. The van der Waals surface area contributed by atoms with Crippen LogP contribution in [-0.4, -0.2) is 22.0 Å². The van der Waals surface area contributed by atoms with Crippen LogP contribution in [0.4, 0.5) is 11.4 Å². The minimum Gasteiger partial charge on any atom is -0.356 e. The van der Waals surface area contributed by atoms with E-state index in [1.54, 1.807) is 12.4 Å². The fourth-order valence-corrected chi connectivity index (χ4v) is 2.95. The third kappa shape index (κ3) is 3.72. The van der Waals surface area contributed by atoms with Crippen LogP contribution in [0, 0.1) is 0 Å². The van der Waals surface area contributed by atoms with Crippen molar-refractivity contribution >= 4 is 23.4 Å². The Morgan fingerprint density at radius 3 is 2.54 bits per heavy atom. The van der Waals surface area contributed by atoms with Crippen LogP contribution in [0.15, 0.2) is 54.9 Å². The lowest BCUT2D eigenvalue weighted by molar-refractivity contribution is -0.107. The number of Topliss-reactive ketones (excluding diaryl/α,β-unsaturated/α-hetero) is 1. The lowest BCUT2D eigenvalue weighted by Crippen LogP contribution is -2.04. The molecular formula is C21H21N3O2. The number of rotatable bonds is 8. The van der Waals surface area contributed by atoms with E-state index >= 15 is 0 Å². The van der Waals surface area contributed by atoms with Gasteiger partial charge in [0.15, 0.2) is 5.78 Å². The van der Waals surface area contributed by atoms with Gasteiger partial charge in [-0.1, -0.05) is 25.1 Å². The smallest absolute Gasteiger partial charge is 0.166 e. The molecule has 0 aliphatic rings. The molecule has 5 nitrogen and oxygen atoms in total. The molecule has 2 N–H and O–H groups in total. The van der Waals surface area contributed by atoms with Crippen LogP contribution < -0.4 is 5.32 Å². The summed E-state index contributed by atoms with van der Waals surface area (Å²) in [5.41, 5.74) is 4.82. The van der Waals surface area contributed by atoms with Gasteiger partial charge in [-0.25, -0.2) is 0 Å². The summed E-state index contributed by atoms with van der Waals surface area (Å²) >= 11 is 0. The molecule has 26 heavy (non-hydrogen) atoms. The Hall–Kier alpha value is -3.21. The second kappa shape index (κ2) is 8.25. The molecule has 2 heterocycles. The first-order chi connectivity index (χ1) is 12.7. The fourth-order valence-electron chi connectivity index (χ4n) is 2.95. The number of nitrogens with one attached hydrogen (secondary N) is 2. The van der Waals surface area contributed by atoms with Crippen LogP contribution in [0.3, 0.4) is 0 Å². The van der Waals surface area contributed by atoms with Gasteiger partial charge in [-0.3, -0.25) is 9.78 Å². The van der Waals surface area contributed by atoms with Crippen LogP contribution in [0.25, 0.3) is 11.3 Å². The number of carbonyl (C=O) groups excluding carboxylic acids is 2. The number of anilines is 2. The van der Waals surface area contributed by atoms with Gasteiger partial charge in [-0.05, 0) is 30.7 Å². The zero-order valence-electron chi connectivity index (χ0n) is 14.7. The third-order valence-corrected chi connectivity index (χ3v) is 4.20. The Bertz CT molecular complexity index is 886. The largest absolute Gasteiger partial charge is 0.356 e. The average Bonchev–Trinajstić information content (AvgIpc) is 3.05. The molecule has 3 aromatic rings. The maximum Gasteiger partial charge on any atom is 0.166 e. The van der Waals surface area contributed by atoms with E-state index in [1.807, 2.05) is 49.4 Å². The summed E-state index contributed by atoms with van der Waals surface area (Å²) in [6.45, 7) is 1.84. The Kier molecular flexibility index (Phi) is 5.59. The van der Waals surface area contributed by atoms with Crippen molar-refractivity contribution < 1.29 is 9.59 Å². The van der Waals surface area contributed by atoms with E-state index in [0.717, 1.165) is 34.6 Å². The number of benzene rings is 1. The molecule has 0 radical (unpaired) electrons. The molecule has 0 aliphatic heterocycles. The number of aromatic amines is 1. The molecular weight excluding hydrogens is 326 g/mol. The molecule has 5 heteroatoms. The third-order valence-electron chi connectivity index (χ3n) is 4.20. The van der Waals surface area contributed by atoms with Gasteiger partial charge in [0, 0.05) is 42.2 Å². The number of carbonyl (C=O) groups is 2. The van der Waals surface area contributed by atoms with Gasteiger partial charge in [-0.2, -0.15) is 0 Å². The molecule has 0 atom stereocenters. The van der Waals surface area contributed by atoms with Crippen molar-refractivity contribution in [3.63, 3.8) is 0 Å². The second-order valence-corrected chi connectivity index (χ2v) is 5.94. The van der Waals surface area contributed by atoms with E-state index in [2.05, 4.69) is 15.3 Å². The van der Waals surface area contributed by atoms with Crippen molar-refractivity contribution in [3.8, 4) is 11.3 Å². The van der Waals surface area contributed by atoms with Gasteiger partial charge in [0.05, 0.1) is 16.9 Å². The van der Waals surface area contributed by atoms with E-state index in [1.165, 1.54) is 0 Å². The van der Waals surface area contributed by atoms with Crippen LogP contribution in [-0.2, 0) is 11.2 Å². The van der Waals surface area contributed by atoms with Crippen LogP contribution in [0.5, 0.6) is 0 Å². The zero-order valence-corrected chi connectivity index (χ0v) is 14.7. The molecule has 0 spiro atoms. The second-order valence-electron chi connectivity index (χ2n) is 5.94. The lowest BCUT2D eigenvalue weighted by atomic mass is 10.0. The highest BCUT2D eigenvalue weighted by Crippen LogP contribution is 2.36. The first-order valence-corrected chi connectivity index (χ1v) is 8.68. The van der Waals surface area contributed by atoms with Crippen molar-refractivity contribution in [1.82, 2.24) is 9.97 Å². The maximum absolute atomic E-state index is 12.7. The molecule has 0 bridgehead atoms. The summed E-state index contributed by atoms with van der Waals surface area (Å²) in [6.07, 6.45) is 5.57.